The molecule has 1 aliphatic carbocycles. The van der Waals surface area contributed by atoms with Gasteiger partial charge in [0.05, 0.1) is 17.4 Å². The summed E-state index contributed by atoms with van der Waals surface area (Å²) in [7, 11) is 0. The minimum Gasteiger partial charge on any atom is -0.487 e. The Morgan fingerprint density at radius 3 is 2.87 bits per heavy atom. The van der Waals surface area contributed by atoms with Crippen LogP contribution in [0.3, 0.4) is 0 Å². The molecule has 0 bridgehead atoms. The second-order valence-electron chi connectivity index (χ2n) is 5.89. The molecule has 0 amide bonds. The summed E-state index contributed by atoms with van der Waals surface area (Å²) in [5.41, 5.74) is 7.06. The maximum absolute atomic E-state index is 14.1. The maximum atomic E-state index is 14.1. The maximum Gasteiger partial charge on any atom is 0.255 e. The zero-order valence-electron chi connectivity index (χ0n) is 12.1. The van der Waals surface area contributed by atoms with E-state index in [0.717, 1.165) is 19.0 Å². The Kier molecular flexibility index (Phi) is 3.05. The van der Waals surface area contributed by atoms with Gasteiger partial charge in [0.2, 0.25) is 0 Å². The summed E-state index contributed by atoms with van der Waals surface area (Å²) in [6.07, 6.45) is 4.51. The van der Waals surface area contributed by atoms with Gasteiger partial charge >= 0.3 is 0 Å². The number of ether oxygens (including phenoxy) is 1. The number of aromatic nitrogens is 3. The quantitative estimate of drug-likeness (QED) is 0.726. The Hall–Kier alpha value is -2.54. The zero-order chi connectivity index (χ0) is 16.0. The van der Waals surface area contributed by atoms with Gasteiger partial charge in [0.1, 0.15) is 18.1 Å². The van der Waals surface area contributed by atoms with E-state index in [9.17, 15) is 8.78 Å². The highest BCUT2D eigenvalue weighted by molar-refractivity contribution is 5.92. The van der Waals surface area contributed by atoms with Crippen LogP contribution >= 0.6 is 0 Å². The lowest BCUT2D eigenvalue weighted by atomic mass is 10.1. The molecule has 0 aromatic carbocycles. The first-order valence-corrected chi connectivity index (χ1v) is 7.25. The summed E-state index contributed by atoms with van der Waals surface area (Å²) in [4.78, 5) is 10.8. The summed E-state index contributed by atoms with van der Waals surface area (Å²) >= 11 is 0. The normalized spacial score (nSPS) is 15.8. The molecular weight excluding hydrogens is 302 g/mol. The Morgan fingerprint density at radius 1 is 1.30 bits per heavy atom. The fourth-order valence-corrected chi connectivity index (χ4v) is 2.40. The van der Waals surface area contributed by atoms with E-state index in [1.54, 1.807) is 12.3 Å². The number of nitrogens with zero attached hydrogens (tertiary/aromatic N) is 2. The lowest BCUT2D eigenvalue weighted by Gasteiger charge is -2.11. The van der Waals surface area contributed by atoms with Gasteiger partial charge in [-0.1, -0.05) is 0 Å². The van der Waals surface area contributed by atoms with E-state index in [1.165, 1.54) is 12.1 Å². The summed E-state index contributed by atoms with van der Waals surface area (Å²) in [5.74, 6) is -1.11. The molecule has 3 aromatic rings. The number of rotatable bonds is 4. The molecule has 0 aliphatic heterocycles. The Bertz CT molecular complexity index is 889. The number of nitrogens with two attached hydrogens (primary N) is 1. The van der Waals surface area contributed by atoms with Gasteiger partial charge in [-0.05, 0) is 31.0 Å². The van der Waals surface area contributed by atoms with Crippen LogP contribution in [0.5, 0.6) is 5.75 Å². The molecule has 1 aliphatic rings. The van der Waals surface area contributed by atoms with Crippen molar-refractivity contribution in [2.24, 2.45) is 5.73 Å². The van der Waals surface area contributed by atoms with Crippen molar-refractivity contribution in [2.45, 2.75) is 18.4 Å². The highest BCUT2D eigenvalue weighted by Crippen LogP contribution is 2.33. The molecule has 0 unspecified atom stereocenters. The highest BCUT2D eigenvalue weighted by atomic mass is 19.1. The van der Waals surface area contributed by atoms with E-state index in [-0.39, 0.29) is 17.9 Å². The van der Waals surface area contributed by atoms with Crippen molar-refractivity contribution in [3.8, 4) is 17.0 Å². The van der Waals surface area contributed by atoms with E-state index in [4.69, 9.17) is 10.5 Å². The zero-order valence-corrected chi connectivity index (χ0v) is 12.1. The number of H-pyrrole nitrogens is 1. The molecule has 3 aromatic heterocycles. The molecule has 118 valence electrons. The standard InChI is InChI=1S/C16H14F2N4O/c17-9-5-10-11(7-21-15(10)20-6-9)12-1-2-13(14(18)22-12)23-8-16(19)3-4-16/h1-2,5-7H,3-4,8,19H2,(H,20,21). The van der Waals surface area contributed by atoms with Crippen molar-refractivity contribution in [1.82, 2.24) is 15.0 Å². The van der Waals surface area contributed by atoms with Crippen molar-refractivity contribution in [2.75, 3.05) is 6.61 Å². The molecule has 1 fully saturated rings. The van der Waals surface area contributed by atoms with Crippen LogP contribution in [0.25, 0.3) is 22.3 Å². The van der Waals surface area contributed by atoms with Crippen molar-refractivity contribution < 1.29 is 13.5 Å². The number of fused-ring (bicyclic) bond motifs is 1. The molecule has 0 atom stereocenters. The highest BCUT2D eigenvalue weighted by Gasteiger charge is 2.39. The molecule has 3 N–H and O–H groups in total. The van der Waals surface area contributed by atoms with E-state index in [1.807, 2.05) is 0 Å². The van der Waals surface area contributed by atoms with Crippen LogP contribution in [-0.4, -0.2) is 27.1 Å². The first-order chi connectivity index (χ1) is 11.0. The lowest BCUT2D eigenvalue weighted by molar-refractivity contribution is 0.264. The summed E-state index contributed by atoms with van der Waals surface area (Å²) in [6.45, 7) is 0.271. The molecule has 3 heterocycles. The van der Waals surface area contributed by atoms with Crippen LogP contribution in [0.15, 0.2) is 30.6 Å². The van der Waals surface area contributed by atoms with Gasteiger partial charge in [-0.3, -0.25) is 0 Å². The average Bonchev–Trinajstić information content (AvgIpc) is 3.12. The molecular formula is C16H14F2N4O. The molecule has 7 heteroatoms. The Labute approximate surface area is 130 Å². The third kappa shape index (κ3) is 2.63. The van der Waals surface area contributed by atoms with Crippen molar-refractivity contribution in [1.29, 1.82) is 0 Å². The fourth-order valence-electron chi connectivity index (χ4n) is 2.40. The monoisotopic (exact) mass is 316 g/mol. The van der Waals surface area contributed by atoms with Gasteiger partial charge in [0.15, 0.2) is 5.75 Å². The van der Waals surface area contributed by atoms with Gasteiger partial charge in [0, 0.05) is 17.1 Å². The van der Waals surface area contributed by atoms with Crippen LogP contribution in [0.1, 0.15) is 12.8 Å². The van der Waals surface area contributed by atoms with E-state index in [2.05, 4.69) is 15.0 Å². The lowest BCUT2D eigenvalue weighted by Crippen LogP contribution is -2.30. The number of halogens is 2. The van der Waals surface area contributed by atoms with Crippen LogP contribution in [0.4, 0.5) is 8.78 Å². The third-order valence-electron chi connectivity index (χ3n) is 4.00. The summed E-state index contributed by atoms with van der Waals surface area (Å²) in [6, 6.07) is 4.47. The van der Waals surface area contributed by atoms with Crippen molar-refractivity contribution in [3.63, 3.8) is 0 Å². The second kappa shape index (κ2) is 4.99. The van der Waals surface area contributed by atoms with E-state index in [0.29, 0.717) is 22.3 Å². The van der Waals surface area contributed by atoms with Crippen LogP contribution in [0, 0.1) is 11.8 Å². The largest absolute Gasteiger partial charge is 0.487 e. The van der Waals surface area contributed by atoms with Crippen LogP contribution < -0.4 is 10.5 Å². The predicted molar refractivity (Wildman–Crippen MR) is 80.9 cm³/mol. The van der Waals surface area contributed by atoms with Gasteiger partial charge in [-0.15, -0.1) is 0 Å². The number of nitrogens with one attached hydrogen (secondary N) is 1. The van der Waals surface area contributed by atoms with Gasteiger partial charge in [-0.2, -0.15) is 4.39 Å². The van der Waals surface area contributed by atoms with Gasteiger partial charge in [-0.25, -0.2) is 14.4 Å². The molecule has 23 heavy (non-hydrogen) atoms. The van der Waals surface area contributed by atoms with Crippen molar-refractivity contribution in [3.05, 3.63) is 42.4 Å². The minimum absolute atomic E-state index is 0.0645. The van der Waals surface area contributed by atoms with Crippen LogP contribution in [0.2, 0.25) is 0 Å². The molecule has 0 radical (unpaired) electrons. The summed E-state index contributed by atoms with van der Waals surface area (Å²) < 4.78 is 32.9. The first-order valence-electron chi connectivity index (χ1n) is 7.25. The third-order valence-corrected chi connectivity index (χ3v) is 4.00. The topological polar surface area (TPSA) is 76.8 Å². The van der Waals surface area contributed by atoms with Crippen molar-refractivity contribution >= 4 is 11.0 Å². The predicted octanol–water partition coefficient (Wildman–Crippen LogP) is 2.77. The van der Waals surface area contributed by atoms with E-state index < -0.39 is 11.8 Å². The number of hydrogen-bond donors (Lipinski definition) is 2. The molecule has 1 saturated carbocycles. The number of aromatic amines is 1. The molecule has 4 rings (SSSR count). The Balaban J connectivity index is 1.66. The SMILES string of the molecule is NC1(COc2ccc(-c3c[nH]c4ncc(F)cc34)nc2F)CC1. The van der Waals surface area contributed by atoms with Gasteiger partial charge in [0.25, 0.3) is 5.95 Å². The van der Waals surface area contributed by atoms with Crippen LogP contribution in [-0.2, 0) is 0 Å². The smallest absolute Gasteiger partial charge is 0.255 e. The van der Waals surface area contributed by atoms with E-state index >= 15 is 0 Å². The van der Waals surface area contributed by atoms with Gasteiger partial charge < -0.3 is 15.5 Å². The number of hydrogen-bond acceptors (Lipinski definition) is 4. The fraction of sp³-hybridized carbons (Fsp3) is 0.250. The molecule has 0 spiro atoms. The first kappa shape index (κ1) is 14.1. The second-order valence-corrected chi connectivity index (χ2v) is 5.89. The minimum atomic E-state index is -0.717. The number of pyridine rings is 2. The summed E-state index contributed by atoms with van der Waals surface area (Å²) in [5, 5.41) is 0.546. The molecule has 5 nitrogen and oxygen atoms in total. The average molecular weight is 316 g/mol. The molecule has 0 saturated heterocycles. The Morgan fingerprint density at radius 2 is 2.13 bits per heavy atom.